The molecule has 17 heavy (non-hydrogen) atoms. The van der Waals surface area contributed by atoms with Crippen LogP contribution in [0.1, 0.15) is 22.5 Å². The maximum Gasteiger partial charge on any atom is 0.250 e. The molecule has 3 heterocycles. The number of thiophene rings is 1. The normalized spacial score (nSPS) is 16.5. The van der Waals surface area contributed by atoms with Crippen LogP contribution in [-0.2, 0) is 0 Å². The summed E-state index contributed by atoms with van der Waals surface area (Å²) in [5.74, 6) is 1.78. The molecular weight excluding hydrogens is 302 g/mol. The number of aromatic nitrogens is 2. The van der Waals surface area contributed by atoms with E-state index < -0.39 is 0 Å². The molecule has 0 atom stereocenters. The van der Waals surface area contributed by atoms with Gasteiger partial charge in [0.2, 0.25) is 0 Å². The number of hydrogen-bond acceptors (Lipinski definition) is 5. The molecule has 0 radical (unpaired) electrons. The zero-order valence-corrected chi connectivity index (χ0v) is 11.3. The summed E-state index contributed by atoms with van der Waals surface area (Å²) < 4.78 is 6.28. The Morgan fingerprint density at radius 3 is 2.94 bits per heavy atom. The quantitative estimate of drug-likeness (QED) is 0.947. The first-order chi connectivity index (χ1) is 8.31. The van der Waals surface area contributed by atoms with Crippen LogP contribution in [0, 0.1) is 0 Å². The Labute approximate surface area is 111 Å². The number of nitrogens with one attached hydrogen (secondary N) is 1. The minimum atomic E-state index is 0.414. The summed E-state index contributed by atoms with van der Waals surface area (Å²) >= 11 is 5.09. The van der Waals surface area contributed by atoms with E-state index in [-0.39, 0.29) is 0 Å². The van der Waals surface area contributed by atoms with Crippen molar-refractivity contribution in [2.45, 2.75) is 5.92 Å². The molecule has 2 aromatic rings. The summed E-state index contributed by atoms with van der Waals surface area (Å²) in [4.78, 5) is 5.50. The third-order valence-corrected chi connectivity index (χ3v) is 4.18. The minimum Gasteiger partial charge on any atom is -0.335 e. The zero-order valence-electron chi connectivity index (χ0n) is 8.89. The van der Waals surface area contributed by atoms with Crippen LogP contribution < -0.4 is 5.32 Å². The van der Waals surface area contributed by atoms with E-state index in [0.29, 0.717) is 11.8 Å². The van der Waals surface area contributed by atoms with E-state index in [1.807, 2.05) is 24.3 Å². The van der Waals surface area contributed by atoms with E-state index >= 15 is 0 Å². The van der Waals surface area contributed by atoms with Crippen molar-refractivity contribution in [1.82, 2.24) is 15.5 Å². The average Bonchev–Trinajstić information content (AvgIpc) is 2.82. The number of halogens is 1. The van der Waals surface area contributed by atoms with Crippen LogP contribution in [0.15, 0.2) is 20.4 Å². The van der Waals surface area contributed by atoms with Gasteiger partial charge in [-0.25, -0.2) is 0 Å². The predicted octanol–water partition coefficient (Wildman–Crippen LogP) is 2.75. The molecule has 1 saturated heterocycles. The molecule has 88 valence electrons. The number of nitrogens with zero attached hydrogens (tertiary/aromatic N) is 2. The Morgan fingerprint density at radius 1 is 1.41 bits per heavy atom. The van der Waals surface area contributed by atoms with Crippen molar-refractivity contribution < 1.29 is 4.52 Å². The second kappa shape index (κ2) is 4.72. The predicted molar refractivity (Wildman–Crippen MR) is 70.9 cm³/mol. The molecule has 1 aliphatic heterocycles. The van der Waals surface area contributed by atoms with Crippen molar-refractivity contribution in [3.8, 4) is 0 Å². The Hall–Kier alpha value is -0.980. The fraction of sp³-hybridized carbons (Fsp3) is 0.273. The maximum absolute atomic E-state index is 5.17. The lowest BCUT2D eigenvalue weighted by molar-refractivity contribution is 0.373. The van der Waals surface area contributed by atoms with Crippen LogP contribution in [0.2, 0.25) is 0 Å². The summed E-state index contributed by atoms with van der Waals surface area (Å²) in [6, 6.07) is 4.06. The number of rotatable bonds is 3. The van der Waals surface area contributed by atoms with Crippen molar-refractivity contribution >= 4 is 39.4 Å². The van der Waals surface area contributed by atoms with Crippen LogP contribution >= 0.6 is 27.3 Å². The van der Waals surface area contributed by atoms with Gasteiger partial charge in [0, 0.05) is 30.0 Å². The van der Waals surface area contributed by atoms with Gasteiger partial charge in [0.25, 0.3) is 5.89 Å². The van der Waals surface area contributed by atoms with Gasteiger partial charge in [-0.15, -0.1) is 11.3 Å². The van der Waals surface area contributed by atoms with Gasteiger partial charge < -0.3 is 9.84 Å². The van der Waals surface area contributed by atoms with Gasteiger partial charge in [0.1, 0.15) is 0 Å². The molecule has 0 aromatic carbocycles. The van der Waals surface area contributed by atoms with Crippen molar-refractivity contribution in [3.63, 3.8) is 0 Å². The van der Waals surface area contributed by atoms with Gasteiger partial charge in [-0.2, -0.15) is 4.98 Å². The second-order valence-electron chi connectivity index (χ2n) is 3.82. The summed E-state index contributed by atoms with van der Waals surface area (Å²) in [5.41, 5.74) is 0. The largest absolute Gasteiger partial charge is 0.335 e. The van der Waals surface area contributed by atoms with Crippen LogP contribution in [0.4, 0.5) is 0 Å². The highest BCUT2D eigenvalue weighted by Gasteiger charge is 2.23. The zero-order chi connectivity index (χ0) is 11.7. The van der Waals surface area contributed by atoms with Crippen LogP contribution in [-0.4, -0.2) is 23.2 Å². The summed E-state index contributed by atoms with van der Waals surface area (Å²) in [7, 11) is 0. The van der Waals surface area contributed by atoms with E-state index in [0.717, 1.165) is 27.6 Å². The third kappa shape index (κ3) is 2.48. The lowest BCUT2D eigenvalue weighted by atomic mass is 10.0. The molecule has 0 bridgehead atoms. The first-order valence-corrected chi connectivity index (χ1v) is 6.90. The molecule has 1 aliphatic rings. The van der Waals surface area contributed by atoms with E-state index in [2.05, 4.69) is 31.4 Å². The lowest BCUT2D eigenvalue weighted by Gasteiger charge is -2.23. The van der Waals surface area contributed by atoms with E-state index in [4.69, 9.17) is 4.52 Å². The van der Waals surface area contributed by atoms with Gasteiger partial charge in [-0.1, -0.05) is 5.16 Å². The van der Waals surface area contributed by atoms with E-state index in [9.17, 15) is 0 Å². The Balaban J connectivity index is 1.72. The summed E-state index contributed by atoms with van der Waals surface area (Å²) in [6.45, 7) is 1.89. The van der Waals surface area contributed by atoms with Crippen LogP contribution in [0.3, 0.4) is 0 Å². The lowest BCUT2D eigenvalue weighted by Crippen LogP contribution is -2.40. The molecule has 3 rings (SSSR count). The second-order valence-corrected chi connectivity index (χ2v) is 6.32. The monoisotopic (exact) mass is 311 g/mol. The highest BCUT2D eigenvalue weighted by Crippen LogP contribution is 2.24. The molecular formula is C11H10BrN3OS. The smallest absolute Gasteiger partial charge is 0.250 e. The molecule has 0 saturated carbocycles. The Morgan fingerprint density at radius 2 is 2.29 bits per heavy atom. The Bertz CT molecular complexity index is 544. The molecule has 0 unspecified atom stereocenters. The van der Waals surface area contributed by atoms with Crippen molar-refractivity contribution in [3.05, 3.63) is 32.5 Å². The fourth-order valence-corrected chi connectivity index (χ4v) is 2.85. The van der Waals surface area contributed by atoms with Gasteiger partial charge in [0.15, 0.2) is 5.82 Å². The van der Waals surface area contributed by atoms with Gasteiger partial charge in [-0.05, 0) is 34.1 Å². The van der Waals surface area contributed by atoms with Gasteiger partial charge in [0.05, 0.1) is 3.79 Å². The third-order valence-electron chi connectivity index (χ3n) is 2.59. The van der Waals surface area contributed by atoms with E-state index in [1.54, 1.807) is 11.3 Å². The highest BCUT2D eigenvalue weighted by molar-refractivity contribution is 9.11. The molecule has 1 N–H and O–H groups in total. The first-order valence-electron chi connectivity index (χ1n) is 5.29. The van der Waals surface area contributed by atoms with Gasteiger partial charge in [-0.3, -0.25) is 0 Å². The molecule has 1 fully saturated rings. The molecule has 0 amide bonds. The standard InChI is InChI=1S/C11H10BrN3OS/c12-9-3-1-8(17-9)2-4-10-14-11(15-16-10)7-5-13-6-7/h1-4,7,13H,5-6H2/b4-2+. The fourth-order valence-electron chi connectivity index (χ4n) is 1.52. The summed E-state index contributed by atoms with van der Waals surface area (Å²) in [5, 5.41) is 7.16. The van der Waals surface area contributed by atoms with Crippen LogP contribution in [0.25, 0.3) is 12.2 Å². The topological polar surface area (TPSA) is 51.0 Å². The SMILES string of the molecule is Brc1ccc(/C=C/c2nc(C3CNC3)no2)s1. The molecule has 4 nitrogen and oxygen atoms in total. The highest BCUT2D eigenvalue weighted by atomic mass is 79.9. The first kappa shape index (κ1) is 11.1. The molecule has 6 heteroatoms. The van der Waals surface area contributed by atoms with Crippen LogP contribution in [0.5, 0.6) is 0 Å². The van der Waals surface area contributed by atoms with E-state index in [1.165, 1.54) is 0 Å². The van der Waals surface area contributed by atoms with Crippen molar-refractivity contribution in [2.75, 3.05) is 13.1 Å². The Kier molecular flexibility index (Phi) is 3.09. The molecule has 2 aromatic heterocycles. The summed E-state index contributed by atoms with van der Waals surface area (Å²) in [6.07, 6.45) is 3.83. The van der Waals surface area contributed by atoms with Crippen molar-refractivity contribution in [2.24, 2.45) is 0 Å². The number of hydrogen-bond donors (Lipinski definition) is 1. The molecule has 0 aliphatic carbocycles. The maximum atomic E-state index is 5.17. The average molecular weight is 312 g/mol. The van der Waals surface area contributed by atoms with Crippen molar-refractivity contribution in [1.29, 1.82) is 0 Å². The molecule has 0 spiro atoms. The minimum absolute atomic E-state index is 0.414. The van der Waals surface area contributed by atoms with Gasteiger partial charge >= 0.3 is 0 Å².